The molecular weight excluding hydrogens is 240 g/mol. The fourth-order valence-electron chi connectivity index (χ4n) is 2.19. The lowest BCUT2D eigenvalue weighted by molar-refractivity contribution is 0.560. The van der Waals surface area contributed by atoms with Crippen molar-refractivity contribution in [2.45, 2.75) is 20.0 Å². The smallest absolute Gasteiger partial charge is 0.157 e. The standard InChI is InChI=1S/C14H16N4O/c1-10-13-5-12(8-16-14(13)18(2)17-10)7-15-6-11-3-4-19-9-11/h3-5,8-9,15H,6-7H2,1-2H3. The summed E-state index contributed by atoms with van der Waals surface area (Å²) < 4.78 is 6.84. The number of hydrogen-bond donors (Lipinski definition) is 1. The molecule has 0 spiro atoms. The van der Waals surface area contributed by atoms with Crippen molar-refractivity contribution in [3.05, 3.63) is 47.7 Å². The third-order valence-electron chi connectivity index (χ3n) is 3.16. The quantitative estimate of drug-likeness (QED) is 0.777. The van der Waals surface area contributed by atoms with Crippen LogP contribution < -0.4 is 5.32 Å². The van der Waals surface area contributed by atoms with Crippen LogP contribution in [0.2, 0.25) is 0 Å². The fourth-order valence-corrected chi connectivity index (χ4v) is 2.19. The number of nitrogens with zero attached hydrogens (tertiary/aromatic N) is 3. The van der Waals surface area contributed by atoms with Crippen molar-refractivity contribution in [1.82, 2.24) is 20.1 Å². The molecule has 5 heteroatoms. The van der Waals surface area contributed by atoms with Crippen LogP contribution in [0.5, 0.6) is 0 Å². The van der Waals surface area contributed by atoms with Gasteiger partial charge in [-0.3, -0.25) is 4.68 Å². The van der Waals surface area contributed by atoms with E-state index in [9.17, 15) is 0 Å². The number of rotatable bonds is 4. The Hall–Kier alpha value is -2.14. The Morgan fingerprint density at radius 3 is 2.95 bits per heavy atom. The van der Waals surface area contributed by atoms with Gasteiger partial charge in [0, 0.05) is 37.3 Å². The highest BCUT2D eigenvalue weighted by Crippen LogP contribution is 2.16. The minimum absolute atomic E-state index is 0.780. The second-order valence-electron chi connectivity index (χ2n) is 4.66. The number of pyridine rings is 1. The van der Waals surface area contributed by atoms with Gasteiger partial charge in [0.15, 0.2) is 5.65 Å². The molecule has 0 atom stereocenters. The third kappa shape index (κ3) is 2.37. The van der Waals surface area contributed by atoms with E-state index >= 15 is 0 Å². The molecule has 0 radical (unpaired) electrons. The number of nitrogens with one attached hydrogen (secondary N) is 1. The summed E-state index contributed by atoms with van der Waals surface area (Å²) in [6.07, 6.45) is 5.33. The predicted molar refractivity (Wildman–Crippen MR) is 72.5 cm³/mol. The predicted octanol–water partition coefficient (Wildman–Crippen LogP) is 2.16. The summed E-state index contributed by atoms with van der Waals surface area (Å²) in [6, 6.07) is 4.10. The van der Waals surface area contributed by atoms with E-state index in [1.807, 2.05) is 30.9 Å². The van der Waals surface area contributed by atoms with Gasteiger partial charge in [-0.1, -0.05) is 0 Å². The molecule has 0 fully saturated rings. The molecule has 19 heavy (non-hydrogen) atoms. The molecule has 0 aliphatic carbocycles. The zero-order chi connectivity index (χ0) is 13.2. The van der Waals surface area contributed by atoms with Gasteiger partial charge in [-0.05, 0) is 24.6 Å². The number of aryl methyl sites for hydroxylation is 2. The molecule has 3 aromatic rings. The lowest BCUT2D eigenvalue weighted by atomic mass is 10.2. The number of aromatic nitrogens is 3. The maximum atomic E-state index is 5.03. The minimum atomic E-state index is 0.780. The van der Waals surface area contributed by atoms with E-state index in [1.54, 1.807) is 12.5 Å². The average Bonchev–Trinajstić information content (AvgIpc) is 3.00. The zero-order valence-electron chi connectivity index (χ0n) is 11.1. The van der Waals surface area contributed by atoms with Gasteiger partial charge in [-0.2, -0.15) is 5.10 Å². The maximum absolute atomic E-state index is 5.03. The van der Waals surface area contributed by atoms with E-state index in [2.05, 4.69) is 21.5 Å². The van der Waals surface area contributed by atoms with Gasteiger partial charge in [0.25, 0.3) is 0 Å². The maximum Gasteiger partial charge on any atom is 0.157 e. The highest BCUT2D eigenvalue weighted by atomic mass is 16.3. The van der Waals surface area contributed by atoms with E-state index in [-0.39, 0.29) is 0 Å². The lowest BCUT2D eigenvalue weighted by Gasteiger charge is -2.03. The van der Waals surface area contributed by atoms with Gasteiger partial charge in [-0.25, -0.2) is 4.98 Å². The molecule has 0 unspecified atom stereocenters. The highest BCUT2D eigenvalue weighted by Gasteiger charge is 2.06. The van der Waals surface area contributed by atoms with E-state index in [4.69, 9.17) is 4.42 Å². The molecule has 0 aliphatic rings. The molecule has 0 bridgehead atoms. The van der Waals surface area contributed by atoms with Crippen LogP contribution in [0, 0.1) is 6.92 Å². The highest BCUT2D eigenvalue weighted by molar-refractivity contribution is 5.78. The van der Waals surface area contributed by atoms with Crippen LogP contribution in [0.4, 0.5) is 0 Å². The second kappa shape index (κ2) is 4.85. The van der Waals surface area contributed by atoms with Crippen molar-refractivity contribution >= 4 is 11.0 Å². The first-order valence-corrected chi connectivity index (χ1v) is 6.24. The van der Waals surface area contributed by atoms with Crippen LogP contribution in [-0.4, -0.2) is 14.8 Å². The Labute approximate surface area is 111 Å². The third-order valence-corrected chi connectivity index (χ3v) is 3.16. The summed E-state index contributed by atoms with van der Waals surface area (Å²) >= 11 is 0. The van der Waals surface area contributed by atoms with E-state index in [0.717, 1.165) is 40.9 Å². The van der Waals surface area contributed by atoms with Crippen molar-refractivity contribution in [2.24, 2.45) is 7.05 Å². The molecule has 1 N–H and O–H groups in total. The topological polar surface area (TPSA) is 55.9 Å². The first-order chi connectivity index (χ1) is 9.24. The summed E-state index contributed by atoms with van der Waals surface area (Å²) in [5, 5.41) is 8.86. The van der Waals surface area contributed by atoms with Gasteiger partial charge in [0.05, 0.1) is 18.2 Å². The Balaban J connectivity index is 1.73. The minimum Gasteiger partial charge on any atom is -0.472 e. The molecule has 3 rings (SSSR count). The number of fused-ring (bicyclic) bond motifs is 1. The monoisotopic (exact) mass is 256 g/mol. The average molecular weight is 256 g/mol. The molecule has 5 nitrogen and oxygen atoms in total. The van der Waals surface area contributed by atoms with Crippen LogP contribution in [-0.2, 0) is 20.1 Å². The Bertz CT molecular complexity index is 685. The van der Waals surface area contributed by atoms with Crippen LogP contribution >= 0.6 is 0 Å². The van der Waals surface area contributed by atoms with E-state index < -0.39 is 0 Å². The lowest BCUT2D eigenvalue weighted by Crippen LogP contribution is -2.12. The van der Waals surface area contributed by atoms with Gasteiger partial charge in [-0.15, -0.1) is 0 Å². The summed E-state index contributed by atoms with van der Waals surface area (Å²) in [5.41, 5.74) is 4.25. The normalized spacial score (nSPS) is 11.3. The van der Waals surface area contributed by atoms with Gasteiger partial charge < -0.3 is 9.73 Å². The summed E-state index contributed by atoms with van der Waals surface area (Å²) in [6.45, 7) is 3.58. The van der Waals surface area contributed by atoms with Crippen LogP contribution in [0.3, 0.4) is 0 Å². The second-order valence-corrected chi connectivity index (χ2v) is 4.66. The molecule has 3 heterocycles. The number of furan rings is 1. The zero-order valence-corrected chi connectivity index (χ0v) is 11.1. The first kappa shape index (κ1) is 11.9. The van der Waals surface area contributed by atoms with Crippen LogP contribution in [0.1, 0.15) is 16.8 Å². The van der Waals surface area contributed by atoms with Crippen molar-refractivity contribution in [1.29, 1.82) is 0 Å². The molecule has 0 aromatic carbocycles. The fraction of sp³-hybridized carbons (Fsp3) is 0.286. The first-order valence-electron chi connectivity index (χ1n) is 6.24. The van der Waals surface area contributed by atoms with Crippen LogP contribution in [0.15, 0.2) is 35.3 Å². The Morgan fingerprint density at radius 1 is 1.32 bits per heavy atom. The Kier molecular flexibility index (Phi) is 3.05. The number of hydrogen-bond acceptors (Lipinski definition) is 4. The summed E-state index contributed by atoms with van der Waals surface area (Å²) in [5.74, 6) is 0. The van der Waals surface area contributed by atoms with Crippen LogP contribution in [0.25, 0.3) is 11.0 Å². The molecule has 0 aliphatic heterocycles. The molecular formula is C14H16N4O. The van der Waals surface area contributed by atoms with Crippen molar-refractivity contribution < 1.29 is 4.42 Å². The molecule has 98 valence electrons. The van der Waals surface area contributed by atoms with Gasteiger partial charge in [0.2, 0.25) is 0 Å². The molecule has 0 saturated carbocycles. The van der Waals surface area contributed by atoms with E-state index in [1.165, 1.54) is 0 Å². The van der Waals surface area contributed by atoms with Crippen molar-refractivity contribution in [2.75, 3.05) is 0 Å². The van der Waals surface area contributed by atoms with E-state index in [0.29, 0.717) is 0 Å². The van der Waals surface area contributed by atoms with Gasteiger partial charge >= 0.3 is 0 Å². The molecule has 0 saturated heterocycles. The molecule has 0 amide bonds. The summed E-state index contributed by atoms with van der Waals surface area (Å²) in [4.78, 5) is 4.46. The van der Waals surface area contributed by atoms with Gasteiger partial charge in [0.1, 0.15) is 0 Å². The van der Waals surface area contributed by atoms with Crippen molar-refractivity contribution in [3.8, 4) is 0 Å². The largest absolute Gasteiger partial charge is 0.472 e. The Morgan fingerprint density at radius 2 is 2.16 bits per heavy atom. The van der Waals surface area contributed by atoms with Crippen molar-refractivity contribution in [3.63, 3.8) is 0 Å². The SMILES string of the molecule is Cc1nn(C)c2ncc(CNCc3ccoc3)cc12. The molecule has 3 aromatic heterocycles. The summed E-state index contributed by atoms with van der Waals surface area (Å²) in [7, 11) is 1.92.